The van der Waals surface area contributed by atoms with E-state index in [0.717, 1.165) is 0 Å². The lowest BCUT2D eigenvalue weighted by Gasteiger charge is -2.10. The summed E-state index contributed by atoms with van der Waals surface area (Å²) in [5, 5.41) is 10.5. The van der Waals surface area contributed by atoms with Crippen molar-refractivity contribution in [1.82, 2.24) is 9.97 Å². The number of hydrogen-bond acceptors (Lipinski definition) is 3. The van der Waals surface area contributed by atoms with E-state index >= 15 is 0 Å². The average Bonchev–Trinajstić information content (AvgIpc) is 2.30. The van der Waals surface area contributed by atoms with Crippen LogP contribution in [0.2, 0.25) is 5.02 Å². The van der Waals surface area contributed by atoms with Gasteiger partial charge in [-0.05, 0) is 6.07 Å². The number of halogens is 1. The molecular weight excluding hydrogens is 212 g/mol. The molecule has 0 unspecified atom stereocenters. The van der Waals surface area contributed by atoms with Crippen molar-refractivity contribution in [2.45, 2.75) is 6.10 Å². The van der Waals surface area contributed by atoms with Crippen molar-refractivity contribution in [1.29, 1.82) is 0 Å². The fraction of sp³-hybridized carbons (Fsp3) is 0.0909. The van der Waals surface area contributed by atoms with Crippen LogP contribution in [0.25, 0.3) is 0 Å². The Kier molecular flexibility index (Phi) is 2.94. The maximum absolute atomic E-state index is 9.99. The fourth-order valence-electron chi connectivity index (χ4n) is 1.31. The van der Waals surface area contributed by atoms with Crippen LogP contribution < -0.4 is 0 Å². The molecule has 0 fully saturated rings. The molecule has 4 heteroatoms. The van der Waals surface area contributed by atoms with Crippen LogP contribution in [0, 0.1) is 0 Å². The van der Waals surface area contributed by atoms with Gasteiger partial charge in [-0.2, -0.15) is 0 Å². The average molecular weight is 221 g/mol. The van der Waals surface area contributed by atoms with Gasteiger partial charge in [0.05, 0.1) is 11.9 Å². The van der Waals surface area contributed by atoms with Gasteiger partial charge in [-0.15, -0.1) is 0 Å². The number of aliphatic hydroxyl groups excluding tert-OH is 1. The molecule has 1 aromatic carbocycles. The molecule has 1 heterocycles. The van der Waals surface area contributed by atoms with Gasteiger partial charge in [0.15, 0.2) is 0 Å². The second-order valence-electron chi connectivity index (χ2n) is 3.05. The molecule has 0 amide bonds. The van der Waals surface area contributed by atoms with Crippen molar-refractivity contribution < 1.29 is 5.11 Å². The summed E-state index contributed by atoms with van der Waals surface area (Å²) in [5.74, 6) is 0. The van der Waals surface area contributed by atoms with Gasteiger partial charge in [-0.25, -0.2) is 0 Å². The van der Waals surface area contributed by atoms with Gasteiger partial charge >= 0.3 is 0 Å². The van der Waals surface area contributed by atoms with Crippen molar-refractivity contribution >= 4 is 11.6 Å². The summed E-state index contributed by atoms with van der Waals surface area (Å²) < 4.78 is 0. The molecule has 2 aromatic rings. The molecule has 0 aliphatic rings. The summed E-state index contributed by atoms with van der Waals surface area (Å²) >= 11 is 5.96. The van der Waals surface area contributed by atoms with Crippen LogP contribution in [0.4, 0.5) is 0 Å². The van der Waals surface area contributed by atoms with Gasteiger partial charge in [0, 0.05) is 23.0 Å². The van der Waals surface area contributed by atoms with Crippen molar-refractivity contribution in [3.63, 3.8) is 0 Å². The van der Waals surface area contributed by atoms with Crippen molar-refractivity contribution in [2.75, 3.05) is 0 Å². The predicted octanol–water partition coefficient (Wildman–Crippen LogP) is 2.21. The van der Waals surface area contributed by atoms with E-state index in [0.29, 0.717) is 16.3 Å². The Balaban J connectivity index is 2.37. The highest BCUT2D eigenvalue weighted by Gasteiger charge is 2.14. The van der Waals surface area contributed by atoms with Crippen LogP contribution in [-0.2, 0) is 0 Å². The lowest BCUT2D eigenvalue weighted by atomic mass is 10.1. The summed E-state index contributed by atoms with van der Waals surface area (Å²) in [6.45, 7) is 0. The lowest BCUT2D eigenvalue weighted by Crippen LogP contribution is -2.03. The van der Waals surface area contributed by atoms with Gasteiger partial charge in [-0.1, -0.05) is 29.8 Å². The molecule has 2 rings (SSSR count). The Bertz CT molecular complexity index is 447. The van der Waals surface area contributed by atoms with Crippen molar-refractivity contribution in [2.24, 2.45) is 0 Å². The van der Waals surface area contributed by atoms with Gasteiger partial charge in [-0.3, -0.25) is 9.97 Å². The molecule has 15 heavy (non-hydrogen) atoms. The quantitative estimate of drug-likeness (QED) is 0.844. The first-order valence-corrected chi connectivity index (χ1v) is 4.85. The minimum atomic E-state index is -0.826. The smallest absolute Gasteiger partial charge is 0.124 e. The SMILES string of the molecule is O[C@H](c1cnccn1)c1ccccc1Cl. The molecule has 0 spiro atoms. The molecule has 0 radical (unpaired) electrons. The Morgan fingerprint density at radius 1 is 1.20 bits per heavy atom. The van der Waals surface area contributed by atoms with Gasteiger partial charge in [0.25, 0.3) is 0 Å². The molecule has 0 aliphatic carbocycles. The van der Waals surface area contributed by atoms with Crippen LogP contribution in [0.3, 0.4) is 0 Å². The molecule has 0 saturated carbocycles. The van der Waals surface area contributed by atoms with Gasteiger partial charge in [0.2, 0.25) is 0 Å². The van der Waals surface area contributed by atoms with E-state index in [4.69, 9.17) is 11.6 Å². The summed E-state index contributed by atoms with van der Waals surface area (Å²) in [6.07, 6.45) is 3.79. The summed E-state index contributed by atoms with van der Waals surface area (Å²) in [6, 6.07) is 7.13. The highest BCUT2D eigenvalue weighted by Crippen LogP contribution is 2.26. The molecule has 1 aromatic heterocycles. The lowest BCUT2D eigenvalue weighted by molar-refractivity contribution is 0.215. The fourth-order valence-corrected chi connectivity index (χ4v) is 1.55. The molecule has 76 valence electrons. The third-order valence-electron chi connectivity index (χ3n) is 2.06. The van der Waals surface area contributed by atoms with Crippen LogP contribution in [0.1, 0.15) is 17.4 Å². The van der Waals surface area contributed by atoms with E-state index in [9.17, 15) is 5.11 Å². The Hall–Kier alpha value is -1.45. The van der Waals surface area contributed by atoms with Gasteiger partial charge < -0.3 is 5.11 Å². The molecule has 0 aliphatic heterocycles. The van der Waals surface area contributed by atoms with Crippen LogP contribution in [0.5, 0.6) is 0 Å². The van der Waals surface area contributed by atoms with E-state index in [-0.39, 0.29) is 0 Å². The summed E-state index contributed by atoms with van der Waals surface area (Å²) in [4.78, 5) is 7.92. The molecule has 1 atom stereocenters. The number of aromatic nitrogens is 2. The maximum Gasteiger partial charge on any atom is 0.124 e. The first-order chi connectivity index (χ1) is 7.29. The standard InChI is InChI=1S/C11H9ClN2O/c12-9-4-2-1-3-8(9)11(15)10-7-13-5-6-14-10/h1-7,11,15H/t11-/m0/s1. The number of rotatable bonds is 2. The predicted molar refractivity (Wildman–Crippen MR) is 57.5 cm³/mol. The number of aliphatic hydroxyl groups is 1. The first kappa shape index (κ1) is 10.1. The molecule has 1 N–H and O–H groups in total. The molecular formula is C11H9ClN2O. The zero-order valence-electron chi connectivity index (χ0n) is 7.84. The molecule has 0 bridgehead atoms. The Morgan fingerprint density at radius 2 is 2.00 bits per heavy atom. The third-order valence-corrected chi connectivity index (χ3v) is 2.41. The zero-order chi connectivity index (χ0) is 10.7. The topological polar surface area (TPSA) is 46.0 Å². The minimum Gasteiger partial charge on any atom is -0.382 e. The number of benzene rings is 1. The maximum atomic E-state index is 9.99. The number of nitrogens with zero attached hydrogens (tertiary/aromatic N) is 2. The van der Waals surface area contributed by atoms with E-state index in [2.05, 4.69) is 9.97 Å². The largest absolute Gasteiger partial charge is 0.382 e. The van der Waals surface area contributed by atoms with E-state index in [1.54, 1.807) is 18.3 Å². The van der Waals surface area contributed by atoms with E-state index < -0.39 is 6.10 Å². The summed E-state index contributed by atoms with van der Waals surface area (Å²) in [5.41, 5.74) is 1.13. The Morgan fingerprint density at radius 3 is 2.67 bits per heavy atom. The van der Waals surface area contributed by atoms with Crippen molar-refractivity contribution in [3.05, 3.63) is 59.1 Å². The highest BCUT2D eigenvalue weighted by molar-refractivity contribution is 6.31. The molecule has 3 nitrogen and oxygen atoms in total. The second-order valence-corrected chi connectivity index (χ2v) is 3.46. The minimum absolute atomic E-state index is 0.491. The summed E-state index contributed by atoms with van der Waals surface area (Å²) in [7, 11) is 0. The number of hydrogen-bond donors (Lipinski definition) is 1. The Labute approximate surface area is 92.4 Å². The zero-order valence-corrected chi connectivity index (χ0v) is 8.59. The van der Waals surface area contributed by atoms with E-state index in [1.807, 2.05) is 12.1 Å². The van der Waals surface area contributed by atoms with Gasteiger partial charge in [0.1, 0.15) is 6.10 Å². The van der Waals surface area contributed by atoms with Crippen LogP contribution >= 0.6 is 11.6 Å². The normalized spacial score (nSPS) is 12.4. The first-order valence-electron chi connectivity index (χ1n) is 4.47. The van der Waals surface area contributed by atoms with E-state index in [1.165, 1.54) is 12.4 Å². The monoisotopic (exact) mass is 220 g/mol. The highest BCUT2D eigenvalue weighted by atomic mass is 35.5. The van der Waals surface area contributed by atoms with Crippen molar-refractivity contribution in [3.8, 4) is 0 Å². The third kappa shape index (κ3) is 2.14. The van der Waals surface area contributed by atoms with Crippen LogP contribution in [0.15, 0.2) is 42.9 Å². The van der Waals surface area contributed by atoms with Crippen LogP contribution in [-0.4, -0.2) is 15.1 Å². The molecule has 0 saturated heterocycles. The second kappa shape index (κ2) is 4.38.